The zero-order chi connectivity index (χ0) is 16.8. The molecule has 128 valence electrons. The highest BCUT2D eigenvalue weighted by molar-refractivity contribution is 7.91. The third kappa shape index (κ3) is 2.99. The smallest absolute Gasteiger partial charge is 0.237 e. The van der Waals surface area contributed by atoms with Gasteiger partial charge in [-0.25, -0.2) is 8.42 Å². The fraction of sp³-hybridized carbons (Fsp3) is 0.786. The first-order valence-corrected chi connectivity index (χ1v) is 9.64. The minimum absolute atomic E-state index is 0.0477. The highest BCUT2D eigenvalue weighted by Crippen LogP contribution is 2.43. The number of nitrogens with zero attached hydrogens (tertiary/aromatic N) is 3. The summed E-state index contributed by atoms with van der Waals surface area (Å²) in [4.78, 5) is 13.8. The summed E-state index contributed by atoms with van der Waals surface area (Å²) in [5.41, 5.74) is -0.521. The first-order valence-electron chi connectivity index (χ1n) is 7.58. The minimum atomic E-state index is -3.35. The van der Waals surface area contributed by atoms with Crippen LogP contribution in [-0.2, 0) is 24.8 Å². The molecule has 2 atom stereocenters. The van der Waals surface area contributed by atoms with Crippen molar-refractivity contribution in [3.63, 3.8) is 0 Å². The summed E-state index contributed by atoms with van der Waals surface area (Å²) >= 11 is 0. The Morgan fingerprint density at radius 2 is 2.17 bits per heavy atom. The van der Waals surface area contributed by atoms with E-state index in [4.69, 9.17) is 9.15 Å². The highest BCUT2D eigenvalue weighted by atomic mass is 32.2. The van der Waals surface area contributed by atoms with Crippen LogP contribution in [0, 0.1) is 5.92 Å². The Balaban J connectivity index is 1.84. The standard InChI is InChI=1S/C14H21N3O5S/c1-9(2)12-15-16-13(22-12)14-7-17(4-10(14)5-21-8-14)11(18)6-23(3,19)20/h9-10H,4-8H2,1-3H3/t10-,14-/m1/s1. The third-order valence-corrected chi connectivity index (χ3v) is 5.24. The van der Waals surface area contributed by atoms with Crippen molar-refractivity contribution in [1.29, 1.82) is 0 Å². The van der Waals surface area contributed by atoms with Crippen LogP contribution in [0.4, 0.5) is 0 Å². The zero-order valence-electron chi connectivity index (χ0n) is 13.5. The van der Waals surface area contributed by atoms with Gasteiger partial charge in [0.1, 0.15) is 5.75 Å². The molecule has 0 saturated carbocycles. The summed E-state index contributed by atoms with van der Waals surface area (Å²) in [6, 6.07) is 0. The zero-order valence-corrected chi connectivity index (χ0v) is 14.3. The van der Waals surface area contributed by atoms with Crippen LogP contribution in [0.3, 0.4) is 0 Å². The molecule has 1 aromatic heterocycles. The summed E-state index contributed by atoms with van der Waals surface area (Å²) in [5.74, 6) is 0.353. The quantitative estimate of drug-likeness (QED) is 0.756. The second-order valence-electron chi connectivity index (χ2n) is 6.81. The molecule has 23 heavy (non-hydrogen) atoms. The maximum atomic E-state index is 12.2. The lowest BCUT2D eigenvalue weighted by Gasteiger charge is -2.22. The van der Waals surface area contributed by atoms with Gasteiger partial charge in [0.2, 0.25) is 17.7 Å². The van der Waals surface area contributed by atoms with E-state index < -0.39 is 21.0 Å². The van der Waals surface area contributed by atoms with Gasteiger partial charge in [0.05, 0.1) is 18.6 Å². The molecule has 2 fully saturated rings. The Morgan fingerprint density at radius 1 is 1.43 bits per heavy atom. The van der Waals surface area contributed by atoms with Gasteiger partial charge in [-0.15, -0.1) is 10.2 Å². The Labute approximate surface area is 135 Å². The van der Waals surface area contributed by atoms with E-state index in [9.17, 15) is 13.2 Å². The van der Waals surface area contributed by atoms with Crippen LogP contribution in [0.15, 0.2) is 4.42 Å². The molecule has 2 saturated heterocycles. The number of hydrogen-bond donors (Lipinski definition) is 0. The fourth-order valence-electron chi connectivity index (χ4n) is 3.21. The number of ether oxygens (including phenoxy) is 1. The van der Waals surface area contributed by atoms with Crippen molar-refractivity contribution >= 4 is 15.7 Å². The van der Waals surface area contributed by atoms with Gasteiger partial charge in [0, 0.05) is 31.2 Å². The lowest BCUT2D eigenvalue weighted by atomic mass is 9.81. The van der Waals surface area contributed by atoms with E-state index in [0.29, 0.717) is 38.1 Å². The van der Waals surface area contributed by atoms with E-state index in [1.165, 1.54) is 0 Å². The summed E-state index contributed by atoms with van der Waals surface area (Å²) in [7, 11) is -3.35. The van der Waals surface area contributed by atoms with Crippen LogP contribution >= 0.6 is 0 Å². The number of rotatable bonds is 4. The SMILES string of the molecule is CC(C)c1nnc([C@]23COC[C@H]2CN(C(=O)CS(C)(=O)=O)C3)o1. The number of amides is 1. The summed E-state index contributed by atoms with van der Waals surface area (Å²) < 4.78 is 34.1. The molecule has 0 bridgehead atoms. The second kappa shape index (κ2) is 5.55. The predicted octanol–water partition coefficient (Wildman–Crippen LogP) is -0.0360. The van der Waals surface area contributed by atoms with Crippen LogP contribution < -0.4 is 0 Å². The largest absolute Gasteiger partial charge is 0.424 e. The monoisotopic (exact) mass is 343 g/mol. The normalized spacial score (nSPS) is 27.7. The minimum Gasteiger partial charge on any atom is -0.424 e. The van der Waals surface area contributed by atoms with Gasteiger partial charge >= 0.3 is 0 Å². The van der Waals surface area contributed by atoms with Crippen molar-refractivity contribution < 1.29 is 22.4 Å². The third-order valence-electron chi connectivity index (χ3n) is 4.47. The van der Waals surface area contributed by atoms with Crippen molar-refractivity contribution in [1.82, 2.24) is 15.1 Å². The Hall–Kier alpha value is -1.48. The molecule has 0 N–H and O–H groups in total. The number of sulfone groups is 1. The van der Waals surface area contributed by atoms with Crippen molar-refractivity contribution in [2.45, 2.75) is 25.2 Å². The molecule has 3 heterocycles. The van der Waals surface area contributed by atoms with E-state index in [-0.39, 0.29) is 17.7 Å². The van der Waals surface area contributed by atoms with Crippen LogP contribution in [0.25, 0.3) is 0 Å². The molecule has 0 spiro atoms. The number of fused-ring (bicyclic) bond motifs is 1. The van der Waals surface area contributed by atoms with Crippen molar-refractivity contribution in [2.24, 2.45) is 5.92 Å². The molecular weight excluding hydrogens is 322 g/mol. The van der Waals surface area contributed by atoms with E-state index in [0.717, 1.165) is 6.26 Å². The summed E-state index contributed by atoms with van der Waals surface area (Å²) in [6.07, 6.45) is 1.06. The van der Waals surface area contributed by atoms with Gasteiger partial charge in [-0.05, 0) is 0 Å². The average Bonchev–Trinajstić information content (AvgIpc) is 3.09. The molecule has 2 aliphatic heterocycles. The van der Waals surface area contributed by atoms with Crippen LogP contribution in [0.2, 0.25) is 0 Å². The molecule has 1 aromatic rings. The highest BCUT2D eigenvalue weighted by Gasteiger charge is 2.56. The molecule has 0 unspecified atom stereocenters. The van der Waals surface area contributed by atoms with E-state index in [2.05, 4.69) is 10.2 Å². The lowest BCUT2D eigenvalue weighted by Crippen LogP contribution is -2.39. The molecule has 0 radical (unpaired) electrons. The van der Waals surface area contributed by atoms with Gasteiger partial charge < -0.3 is 14.1 Å². The maximum absolute atomic E-state index is 12.2. The van der Waals surface area contributed by atoms with Gasteiger partial charge in [0.15, 0.2) is 9.84 Å². The molecule has 0 aliphatic carbocycles. The number of aromatic nitrogens is 2. The molecule has 9 heteroatoms. The molecular formula is C14H21N3O5S. The first-order chi connectivity index (χ1) is 10.7. The van der Waals surface area contributed by atoms with Crippen molar-refractivity contribution in [2.75, 3.05) is 38.3 Å². The lowest BCUT2D eigenvalue weighted by molar-refractivity contribution is -0.128. The molecule has 0 aromatic carbocycles. The molecule has 3 rings (SSSR count). The Kier molecular flexibility index (Phi) is 3.96. The molecule has 2 aliphatic rings. The number of carbonyl (C=O) groups excluding carboxylic acids is 1. The van der Waals surface area contributed by atoms with Crippen molar-refractivity contribution in [3.8, 4) is 0 Å². The topological polar surface area (TPSA) is 103 Å². The van der Waals surface area contributed by atoms with Crippen LogP contribution in [0.5, 0.6) is 0 Å². The van der Waals surface area contributed by atoms with E-state index in [1.807, 2.05) is 13.8 Å². The van der Waals surface area contributed by atoms with Crippen LogP contribution in [0.1, 0.15) is 31.5 Å². The van der Waals surface area contributed by atoms with Gasteiger partial charge in [-0.2, -0.15) is 0 Å². The Bertz CT molecular complexity index is 714. The van der Waals surface area contributed by atoms with Gasteiger partial charge in [-0.3, -0.25) is 4.79 Å². The number of hydrogen-bond acceptors (Lipinski definition) is 7. The van der Waals surface area contributed by atoms with Crippen LogP contribution in [-0.4, -0.2) is 67.7 Å². The predicted molar refractivity (Wildman–Crippen MR) is 80.7 cm³/mol. The van der Waals surface area contributed by atoms with Gasteiger partial charge in [-0.1, -0.05) is 13.8 Å². The Morgan fingerprint density at radius 3 is 2.78 bits per heavy atom. The summed E-state index contributed by atoms with van der Waals surface area (Å²) in [5, 5.41) is 8.24. The van der Waals surface area contributed by atoms with E-state index >= 15 is 0 Å². The summed E-state index contributed by atoms with van der Waals surface area (Å²) in [6.45, 7) is 5.64. The number of likely N-dealkylation sites (tertiary alicyclic amines) is 1. The molecule has 1 amide bonds. The molecule has 8 nitrogen and oxygen atoms in total. The average molecular weight is 343 g/mol. The maximum Gasteiger partial charge on any atom is 0.237 e. The van der Waals surface area contributed by atoms with Gasteiger partial charge in [0.25, 0.3) is 0 Å². The second-order valence-corrected chi connectivity index (χ2v) is 8.95. The fourth-order valence-corrected chi connectivity index (χ4v) is 3.84. The number of carbonyl (C=O) groups is 1. The van der Waals surface area contributed by atoms with Crippen molar-refractivity contribution in [3.05, 3.63) is 11.8 Å². The van der Waals surface area contributed by atoms with E-state index in [1.54, 1.807) is 4.90 Å². The first kappa shape index (κ1) is 16.4.